The van der Waals surface area contributed by atoms with E-state index in [2.05, 4.69) is 4.98 Å². The first kappa shape index (κ1) is 11.7. The van der Waals surface area contributed by atoms with Crippen LogP contribution in [0.1, 0.15) is 0 Å². The lowest BCUT2D eigenvalue weighted by atomic mass is 10.0. The number of methoxy groups -OCH3 is 1. The molecule has 17 heavy (non-hydrogen) atoms. The molecule has 0 aliphatic carbocycles. The van der Waals surface area contributed by atoms with E-state index >= 15 is 0 Å². The molecule has 0 aliphatic rings. The first-order chi connectivity index (χ1) is 8.13. The van der Waals surface area contributed by atoms with E-state index in [1.807, 2.05) is 0 Å². The highest BCUT2D eigenvalue weighted by Crippen LogP contribution is 2.33. The molecule has 0 amide bonds. The number of ether oxygens (including phenoxy) is 1. The van der Waals surface area contributed by atoms with Crippen molar-refractivity contribution in [3.05, 3.63) is 41.3 Å². The molecule has 2 aromatic rings. The number of halogens is 2. The van der Waals surface area contributed by atoms with Crippen molar-refractivity contribution in [2.24, 2.45) is 0 Å². The monoisotopic (exact) mass is 252 g/mol. The molecule has 0 radical (unpaired) electrons. The lowest BCUT2D eigenvalue weighted by Crippen LogP contribution is -1.95. The fourth-order valence-electron chi connectivity index (χ4n) is 1.54. The molecular weight excluding hydrogens is 243 g/mol. The lowest BCUT2D eigenvalue weighted by molar-refractivity contribution is 0.398. The van der Waals surface area contributed by atoms with Crippen molar-refractivity contribution >= 4 is 17.3 Å². The first-order valence-electron chi connectivity index (χ1n) is 4.87. The van der Waals surface area contributed by atoms with Crippen molar-refractivity contribution in [2.45, 2.75) is 0 Å². The highest BCUT2D eigenvalue weighted by molar-refractivity contribution is 6.31. The summed E-state index contributed by atoms with van der Waals surface area (Å²) in [6, 6.07) is 6.24. The predicted octanol–water partition coefficient (Wildman–Crippen LogP) is 3.13. The highest BCUT2D eigenvalue weighted by atomic mass is 35.5. The summed E-state index contributed by atoms with van der Waals surface area (Å²) in [6.07, 6.45) is 1.52. The number of aromatic nitrogens is 1. The quantitative estimate of drug-likeness (QED) is 0.836. The van der Waals surface area contributed by atoms with E-state index in [0.717, 1.165) is 0 Å². The number of nitrogens with two attached hydrogens (primary N) is 1. The van der Waals surface area contributed by atoms with Crippen LogP contribution in [0.15, 0.2) is 30.5 Å². The minimum Gasteiger partial charge on any atom is -0.481 e. The van der Waals surface area contributed by atoms with Gasteiger partial charge in [0, 0.05) is 23.5 Å². The zero-order chi connectivity index (χ0) is 12.4. The summed E-state index contributed by atoms with van der Waals surface area (Å²) in [4.78, 5) is 3.95. The van der Waals surface area contributed by atoms with E-state index < -0.39 is 5.82 Å². The van der Waals surface area contributed by atoms with Crippen molar-refractivity contribution in [3.63, 3.8) is 0 Å². The number of hydrogen-bond donors (Lipinski definition) is 1. The normalized spacial score (nSPS) is 10.3. The van der Waals surface area contributed by atoms with Crippen LogP contribution in [0.4, 0.5) is 10.1 Å². The van der Waals surface area contributed by atoms with Crippen LogP contribution in [0.2, 0.25) is 5.02 Å². The Hall–Kier alpha value is -1.81. The Morgan fingerprint density at radius 3 is 2.82 bits per heavy atom. The number of benzene rings is 1. The van der Waals surface area contributed by atoms with Gasteiger partial charge in [0.1, 0.15) is 0 Å². The molecule has 2 rings (SSSR count). The van der Waals surface area contributed by atoms with E-state index in [-0.39, 0.29) is 10.6 Å². The standard InChI is InChI=1S/C12H10ClFN2O/c1-17-10-6-7(4-5-16-10)11-9(15)3-2-8(13)12(11)14/h2-6H,15H2,1H3. The molecule has 88 valence electrons. The van der Waals surface area contributed by atoms with Gasteiger partial charge in [-0.25, -0.2) is 9.37 Å². The largest absolute Gasteiger partial charge is 0.481 e. The summed E-state index contributed by atoms with van der Waals surface area (Å²) in [7, 11) is 1.49. The van der Waals surface area contributed by atoms with Crippen LogP contribution in [-0.4, -0.2) is 12.1 Å². The second-order valence-corrected chi connectivity index (χ2v) is 3.82. The van der Waals surface area contributed by atoms with Crippen molar-refractivity contribution in [1.82, 2.24) is 4.98 Å². The molecule has 0 fully saturated rings. The van der Waals surface area contributed by atoms with Crippen LogP contribution in [0.3, 0.4) is 0 Å². The van der Waals surface area contributed by atoms with Gasteiger partial charge < -0.3 is 10.5 Å². The molecule has 2 N–H and O–H groups in total. The Balaban J connectivity index is 2.63. The molecule has 3 nitrogen and oxygen atoms in total. The fourth-order valence-corrected chi connectivity index (χ4v) is 1.69. The maximum atomic E-state index is 13.9. The first-order valence-corrected chi connectivity index (χ1v) is 5.25. The topological polar surface area (TPSA) is 48.1 Å². The highest BCUT2D eigenvalue weighted by Gasteiger charge is 2.13. The van der Waals surface area contributed by atoms with E-state index in [0.29, 0.717) is 17.1 Å². The molecule has 0 unspecified atom stereocenters. The second kappa shape index (κ2) is 4.59. The van der Waals surface area contributed by atoms with Gasteiger partial charge >= 0.3 is 0 Å². The van der Waals surface area contributed by atoms with Gasteiger partial charge in [0.05, 0.1) is 12.1 Å². The third kappa shape index (κ3) is 2.17. The van der Waals surface area contributed by atoms with Crippen molar-refractivity contribution in [2.75, 3.05) is 12.8 Å². The number of hydrogen-bond acceptors (Lipinski definition) is 3. The van der Waals surface area contributed by atoms with Gasteiger partial charge in [-0.3, -0.25) is 0 Å². The van der Waals surface area contributed by atoms with E-state index in [1.54, 1.807) is 18.2 Å². The summed E-state index contributed by atoms with van der Waals surface area (Å²) >= 11 is 5.73. The van der Waals surface area contributed by atoms with Crippen LogP contribution < -0.4 is 10.5 Å². The van der Waals surface area contributed by atoms with Crippen LogP contribution in [-0.2, 0) is 0 Å². The van der Waals surface area contributed by atoms with Gasteiger partial charge in [-0.05, 0) is 23.8 Å². The van der Waals surface area contributed by atoms with Crippen molar-refractivity contribution in [1.29, 1.82) is 0 Å². The van der Waals surface area contributed by atoms with Gasteiger partial charge in [-0.1, -0.05) is 11.6 Å². The molecule has 1 aromatic heterocycles. The number of rotatable bonds is 2. The van der Waals surface area contributed by atoms with Crippen molar-refractivity contribution < 1.29 is 9.13 Å². The average Bonchev–Trinajstić information content (AvgIpc) is 2.35. The van der Waals surface area contributed by atoms with Crippen LogP contribution >= 0.6 is 11.6 Å². The molecule has 0 bridgehead atoms. The Labute approximate surface area is 103 Å². The fraction of sp³-hybridized carbons (Fsp3) is 0.0833. The maximum Gasteiger partial charge on any atom is 0.213 e. The number of anilines is 1. The molecular formula is C12H10ClFN2O. The van der Waals surface area contributed by atoms with E-state index in [1.165, 1.54) is 19.4 Å². The zero-order valence-corrected chi connectivity index (χ0v) is 9.83. The van der Waals surface area contributed by atoms with Crippen LogP contribution in [0.5, 0.6) is 5.88 Å². The lowest BCUT2D eigenvalue weighted by Gasteiger charge is -2.09. The van der Waals surface area contributed by atoms with Gasteiger partial charge in [0.2, 0.25) is 5.88 Å². The average molecular weight is 253 g/mol. The van der Waals surface area contributed by atoms with E-state index in [9.17, 15) is 4.39 Å². The molecule has 1 heterocycles. The SMILES string of the molecule is COc1cc(-c2c(N)ccc(Cl)c2F)ccn1. The predicted molar refractivity (Wildman–Crippen MR) is 65.6 cm³/mol. The smallest absolute Gasteiger partial charge is 0.213 e. The molecule has 0 saturated carbocycles. The summed E-state index contributed by atoms with van der Waals surface area (Å²) in [5.74, 6) is -0.152. The third-order valence-corrected chi connectivity index (χ3v) is 2.65. The number of pyridine rings is 1. The van der Waals surface area contributed by atoms with Gasteiger partial charge in [-0.15, -0.1) is 0 Å². The minimum absolute atomic E-state index is 0.0324. The third-order valence-electron chi connectivity index (χ3n) is 2.36. The molecule has 0 atom stereocenters. The van der Waals surface area contributed by atoms with Gasteiger partial charge in [0.15, 0.2) is 5.82 Å². The molecule has 1 aromatic carbocycles. The Morgan fingerprint density at radius 2 is 2.12 bits per heavy atom. The number of nitrogens with zero attached hydrogens (tertiary/aromatic N) is 1. The second-order valence-electron chi connectivity index (χ2n) is 3.41. The maximum absolute atomic E-state index is 13.9. The van der Waals surface area contributed by atoms with Crippen molar-refractivity contribution in [3.8, 4) is 17.0 Å². The molecule has 5 heteroatoms. The van der Waals surface area contributed by atoms with Gasteiger partial charge in [-0.2, -0.15) is 0 Å². The Morgan fingerprint density at radius 1 is 1.35 bits per heavy atom. The van der Waals surface area contributed by atoms with Crippen LogP contribution in [0, 0.1) is 5.82 Å². The Kier molecular flexibility index (Phi) is 3.15. The molecule has 0 aliphatic heterocycles. The summed E-state index contributed by atoms with van der Waals surface area (Å²) in [5, 5.41) is 0.0324. The minimum atomic E-state index is -0.542. The summed E-state index contributed by atoms with van der Waals surface area (Å²) in [6.45, 7) is 0. The molecule has 0 spiro atoms. The number of nitrogen functional groups attached to an aromatic ring is 1. The molecule has 0 saturated heterocycles. The Bertz CT molecular complexity index is 560. The van der Waals surface area contributed by atoms with E-state index in [4.69, 9.17) is 22.1 Å². The van der Waals surface area contributed by atoms with Crippen LogP contribution in [0.25, 0.3) is 11.1 Å². The zero-order valence-electron chi connectivity index (χ0n) is 9.08. The summed E-state index contributed by atoms with van der Waals surface area (Å²) < 4.78 is 18.9. The van der Waals surface area contributed by atoms with Gasteiger partial charge in [0.25, 0.3) is 0 Å². The summed E-state index contributed by atoms with van der Waals surface area (Å²) in [5.41, 5.74) is 6.91.